The maximum Gasteiger partial charge on any atom is 0.428 e. The number of carbonyl (C=O) groups is 1. The van der Waals surface area contributed by atoms with E-state index in [9.17, 15) is 18.0 Å². The van der Waals surface area contributed by atoms with Crippen LogP contribution in [0, 0.1) is 0 Å². The average Bonchev–Trinajstić information content (AvgIpc) is 2.99. The molecule has 12 heteroatoms. The lowest BCUT2D eigenvalue weighted by Gasteiger charge is -2.34. The Morgan fingerprint density at radius 2 is 1.82 bits per heavy atom. The molecule has 0 aliphatic carbocycles. The number of piperazine rings is 1. The minimum absolute atomic E-state index is 0.201. The molecule has 0 unspecified atom stereocenters. The van der Waals surface area contributed by atoms with Gasteiger partial charge in [0.2, 0.25) is 0 Å². The number of likely N-dealkylation sites (N-methyl/N-ethyl adjacent to an activating group) is 1. The quantitative estimate of drug-likeness (QED) is 0.555. The number of nitrogens with zero attached hydrogens (tertiary/aromatic N) is 4. The van der Waals surface area contributed by atoms with Crippen molar-refractivity contribution in [2.45, 2.75) is 19.0 Å². The van der Waals surface area contributed by atoms with E-state index in [-0.39, 0.29) is 24.7 Å². The number of halogens is 4. The lowest BCUT2D eigenvalue weighted by atomic mass is 10.2. The fraction of sp³-hybridized carbons (Fsp3) is 0.455. The average molecular weight is 543 g/mol. The van der Waals surface area contributed by atoms with Crippen molar-refractivity contribution in [3.63, 3.8) is 0 Å². The normalized spacial score (nSPS) is 17.9. The van der Waals surface area contributed by atoms with Gasteiger partial charge in [-0.3, -0.25) is 5.43 Å². The molecule has 0 bridgehead atoms. The third-order valence-corrected chi connectivity index (χ3v) is 6.43. The number of aromatic nitrogens is 1. The van der Waals surface area contributed by atoms with E-state index in [1.54, 1.807) is 0 Å². The second kappa shape index (κ2) is 10.3. The number of alkyl halides is 3. The first kappa shape index (κ1) is 24.4. The number of hydrazine groups is 1. The molecule has 0 atom stereocenters. The van der Waals surface area contributed by atoms with E-state index in [1.807, 2.05) is 18.2 Å². The molecule has 4 rings (SSSR count). The van der Waals surface area contributed by atoms with E-state index in [2.05, 4.69) is 48.5 Å². The van der Waals surface area contributed by atoms with E-state index >= 15 is 0 Å². The fourth-order valence-electron chi connectivity index (χ4n) is 3.79. The summed E-state index contributed by atoms with van der Waals surface area (Å²) >= 11 is 3.55. The van der Waals surface area contributed by atoms with Crippen LogP contribution in [-0.2, 0) is 10.9 Å². The molecule has 34 heavy (non-hydrogen) atoms. The number of benzene rings is 1. The summed E-state index contributed by atoms with van der Waals surface area (Å²) in [6.07, 6.45) is -3.34. The standard InChI is InChI=1S/C22H26BrF3N6O2/c1-30-7-9-31(10-8-30)15-4-5-18(17(23)12-15)28-20-13-19(16(14-27-20)22(24,25)26)29-32-6-2-3-11-34-21(32)33/h4-5,12-14H,2-3,6-11H2,1H3,(H2,27,28,29). The molecule has 2 aromatic rings. The van der Waals surface area contributed by atoms with Crippen LogP contribution in [-0.4, -0.2) is 67.4 Å². The maximum atomic E-state index is 13.6. The minimum atomic E-state index is -4.64. The van der Waals surface area contributed by atoms with E-state index < -0.39 is 17.8 Å². The Morgan fingerprint density at radius 1 is 1.06 bits per heavy atom. The monoisotopic (exact) mass is 542 g/mol. The number of cyclic esters (lactones) is 1. The Labute approximate surface area is 204 Å². The molecule has 8 nitrogen and oxygen atoms in total. The van der Waals surface area contributed by atoms with Crippen molar-refractivity contribution in [3.05, 3.63) is 40.5 Å². The Hall–Kier alpha value is -2.73. The van der Waals surface area contributed by atoms with Crippen LogP contribution in [0.4, 0.5) is 40.8 Å². The third-order valence-electron chi connectivity index (χ3n) is 5.77. The molecule has 1 aromatic carbocycles. The molecule has 0 saturated carbocycles. The topological polar surface area (TPSA) is 73.0 Å². The zero-order valence-corrected chi connectivity index (χ0v) is 20.2. The molecule has 1 aromatic heterocycles. The Bertz CT molecular complexity index is 1030. The van der Waals surface area contributed by atoms with Gasteiger partial charge >= 0.3 is 12.3 Å². The smallest absolute Gasteiger partial charge is 0.428 e. The minimum Gasteiger partial charge on any atom is -0.448 e. The second-order valence-corrected chi connectivity index (χ2v) is 9.13. The molecule has 184 valence electrons. The van der Waals surface area contributed by atoms with Crippen LogP contribution < -0.4 is 15.6 Å². The molecule has 2 N–H and O–H groups in total. The van der Waals surface area contributed by atoms with Gasteiger partial charge in [-0.1, -0.05) is 0 Å². The van der Waals surface area contributed by atoms with E-state index in [0.717, 1.165) is 47.5 Å². The SMILES string of the molecule is CN1CCN(c2ccc(Nc3cc(NN4CCCCOC4=O)c(C(F)(F)F)cn3)c(Br)c2)CC1. The first-order valence-electron chi connectivity index (χ1n) is 11.0. The highest BCUT2D eigenvalue weighted by Gasteiger charge is 2.35. The molecule has 2 aliphatic rings. The van der Waals surface area contributed by atoms with Crippen LogP contribution in [0.1, 0.15) is 18.4 Å². The molecule has 2 saturated heterocycles. The summed E-state index contributed by atoms with van der Waals surface area (Å²) < 4.78 is 46.6. The Balaban J connectivity index is 1.55. The molecule has 2 aliphatic heterocycles. The molecule has 0 radical (unpaired) electrons. The fourth-order valence-corrected chi connectivity index (χ4v) is 4.26. The first-order valence-corrected chi connectivity index (χ1v) is 11.8. The van der Waals surface area contributed by atoms with Crippen LogP contribution in [0.3, 0.4) is 0 Å². The largest absolute Gasteiger partial charge is 0.448 e. The molecule has 0 spiro atoms. The van der Waals surface area contributed by atoms with Gasteiger partial charge in [0.15, 0.2) is 0 Å². The number of ether oxygens (including phenoxy) is 1. The zero-order valence-electron chi connectivity index (χ0n) is 18.7. The lowest BCUT2D eigenvalue weighted by molar-refractivity contribution is -0.137. The van der Waals surface area contributed by atoms with Crippen LogP contribution >= 0.6 is 15.9 Å². The van der Waals surface area contributed by atoms with Crippen LogP contribution in [0.15, 0.2) is 34.9 Å². The molecular weight excluding hydrogens is 517 g/mol. The van der Waals surface area contributed by atoms with Crippen molar-refractivity contribution < 1.29 is 22.7 Å². The summed E-state index contributed by atoms with van der Waals surface area (Å²) in [5.41, 5.74) is 3.04. The summed E-state index contributed by atoms with van der Waals surface area (Å²) in [5, 5.41) is 4.12. The summed E-state index contributed by atoms with van der Waals surface area (Å²) in [6.45, 7) is 4.28. The summed E-state index contributed by atoms with van der Waals surface area (Å²) in [6, 6.07) is 7.04. The number of carbonyl (C=O) groups excluding carboxylic acids is 1. The molecule has 1 amide bonds. The van der Waals surface area contributed by atoms with Gasteiger partial charge in [0.05, 0.1) is 23.5 Å². The van der Waals surface area contributed by atoms with Gasteiger partial charge in [-0.2, -0.15) is 13.2 Å². The van der Waals surface area contributed by atoms with Gasteiger partial charge in [0.25, 0.3) is 0 Å². The van der Waals surface area contributed by atoms with Crippen LogP contribution in [0.2, 0.25) is 0 Å². The number of nitrogens with one attached hydrogen (secondary N) is 2. The zero-order chi connectivity index (χ0) is 24.3. The van der Waals surface area contributed by atoms with Gasteiger partial charge in [-0.05, 0) is 54.0 Å². The van der Waals surface area contributed by atoms with Gasteiger partial charge in [-0.25, -0.2) is 14.8 Å². The number of anilines is 4. The first-order chi connectivity index (χ1) is 16.2. The van der Waals surface area contributed by atoms with E-state index in [1.165, 1.54) is 6.07 Å². The van der Waals surface area contributed by atoms with Crippen LogP contribution in [0.25, 0.3) is 0 Å². The Morgan fingerprint density at radius 3 is 2.53 bits per heavy atom. The summed E-state index contributed by atoms with van der Waals surface area (Å²) in [7, 11) is 2.09. The molecular formula is C22H26BrF3N6O2. The van der Waals surface area contributed by atoms with Gasteiger partial charge < -0.3 is 19.9 Å². The van der Waals surface area contributed by atoms with E-state index in [4.69, 9.17) is 4.74 Å². The number of rotatable bonds is 5. The van der Waals surface area contributed by atoms with Crippen molar-refractivity contribution in [2.24, 2.45) is 0 Å². The predicted octanol–water partition coefficient (Wildman–Crippen LogP) is 4.92. The molecule has 2 fully saturated rings. The maximum absolute atomic E-state index is 13.6. The highest BCUT2D eigenvalue weighted by Crippen LogP contribution is 2.37. The lowest BCUT2D eigenvalue weighted by Crippen LogP contribution is -2.44. The Kier molecular flexibility index (Phi) is 7.36. The second-order valence-electron chi connectivity index (χ2n) is 8.28. The predicted molar refractivity (Wildman–Crippen MR) is 127 cm³/mol. The van der Waals surface area contributed by atoms with Crippen molar-refractivity contribution in [3.8, 4) is 0 Å². The van der Waals surface area contributed by atoms with Crippen LogP contribution in [0.5, 0.6) is 0 Å². The number of amides is 1. The summed E-state index contributed by atoms with van der Waals surface area (Å²) in [4.78, 5) is 20.6. The number of hydrogen-bond acceptors (Lipinski definition) is 7. The van der Waals surface area contributed by atoms with Crippen molar-refractivity contribution in [2.75, 3.05) is 62.0 Å². The van der Waals surface area contributed by atoms with Crippen molar-refractivity contribution in [1.29, 1.82) is 0 Å². The van der Waals surface area contributed by atoms with E-state index in [0.29, 0.717) is 18.5 Å². The third kappa shape index (κ3) is 5.84. The van der Waals surface area contributed by atoms with Crippen molar-refractivity contribution in [1.82, 2.24) is 14.9 Å². The van der Waals surface area contributed by atoms with Gasteiger partial charge in [0, 0.05) is 55.1 Å². The number of pyridine rings is 1. The number of hydrogen-bond donors (Lipinski definition) is 2. The summed E-state index contributed by atoms with van der Waals surface area (Å²) in [5.74, 6) is 0.201. The van der Waals surface area contributed by atoms with Crippen molar-refractivity contribution >= 4 is 44.9 Å². The van der Waals surface area contributed by atoms with Gasteiger partial charge in [0.1, 0.15) is 5.82 Å². The molecule has 3 heterocycles. The van der Waals surface area contributed by atoms with Gasteiger partial charge in [-0.15, -0.1) is 0 Å². The highest BCUT2D eigenvalue weighted by molar-refractivity contribution is 9.10. The highest BCUT2D eigenvalue weighted by atomic mass is 79.9.